The van der Waals surface area contributed by atoms with E-state index in [1.54, 1.807) is 6.92 Å². The van der Waals surface area contributed by atoms with Crippen molar-refractivity contribution in [2.45, 2.75) is 33.1 Å². The second-order valence-electron chi connectivity index (χ2n) is 2.59. The van der Waals surface area contributed by atoms with Gasteiger partial charge in [0.2, 0.25) is 15.9 Å². The van der Waals surface area contributed by atoms with Crippen LogP contribution in [0.2, 0.25) is 0 Å². The first-order chi connectivity index (χ1) is 5.52. The molecule has 0 aliphatic heterocycles. The normalized spacial score (nSPS) is 11.2. The number of hydrogen-bond acceptors (Lipinski definition) is 3. The van der Waals surface area contributed by atoms with E-state index in [0.29, 0.717) is 12.8 Å². The van der Waals surface area contributed by atoms with Crippen molar-refractivity contribution in [3.05, 3.63) is 0 Å². The summed E-state index contributed by atoms with van der Waals surface area (Å²) in [6.45, 7) is 3.58. The maximum atomic E-state index is 11.0. The number of nitrogens with one attached hydrogen (secondary N) is 1. The fourth-order valence-corrected chi connectivity index (χ4v) is 1.86. The first kappa shape index (κ1) is 11.4. The molecule has 0 bridgehead atoms. The van der Waals surface area contributed by atoms with Gasteiger partial charge in [-0.25, -0.2) is 8.42 Å². The molecule has 0 radical (unpaired) electrons. The van der Waals surface area contributed by atoms with Crippen LogP contribution in [0.3, 0.4) is 0 Å². The molecule has 72 valence electrons. The van der Waals surface area contributed by atoms with Crippen LogP contribution in [0.5, 0.6) is 0 Å². The summed E-state index contributed by atoms with van der Waals surface area (Å²) >= 11 is 0. The molecule has 0 aromatic heterocycles. The highest BCUT2D eigenvalue weighted by Crippen LogP contribution is 1.92. The van der Waals surface area contributed by atoms with E-state index in [0.717, 1.165) is 0 Å². The second kappa shape index (κ2) is 5.13. The van der Waals surface area contributed by atoms with E-state index < -0.39 is 15.9 Å². The summed E-state index contributed by atoms with van der Waals surface area (Å²) in [6.07, 6.45) is 1.45. The molecule has 4 nitrogen and oxygen atoms in total. The third kappa shape index (κ3) is 5.12. The van der Waals surface area contributed by atoms with Crippen LogP contribution in [0.4, 0.5) is 0 Å². The Morgan fingerprint density at radius 1 is 1.25 bits per heavy atom. The van der Waals surface area contributed by atoms with Crippen LogP contribution >= 0.6 is 0 Å². The van der Waals surface area contributed by atoms with Crippen LogP contribution < -0.4 is 4.72 Å². The van der Waals surface area contributed by atoms with E-state index in [-0.39, 0.29) is 12.2 Å². The van der Waals surface area contributed by atoms with Crippen molar-refractivity contribution < 1.29 is 13.2 Å². The minimum absolute atomic E-state index is 0.0163. The van der Waals surface area contributed by atoms with Gasteiger partial charge in [0.1, 0.15) is 0 Å². The van der Waals surface area contributed by atoms with Crippen molar-refractivity contribution in [1.82, 2.24) is 4.72 Å². The first-order valence-electron chi connectivity index (χ1n) is 4.05. The number of sulfonamides is 1. The molecule has 0 saturated heterocycles. The van der Waals surface area contributed by atoms with E-state index in [1.807, 2.05) is 11.6 Å². The summed E-state index contributed by atoms with van der Waals surface area (Å²) in [6, 6.07) is 0. The smallest absolute Gasteiger partial charge is 0.234 e. The van der Waals surface area contributed by atoms with Crippen LogP contribution in [0.15, 0.2) is 0 Å². The number of carbonyl (C=O) groups excluding carboxylic acids is 1. The molecule has 0 aliphatic carbocycles. The Labute approximate surface area is 73.4 Å². The molecule has 0 spiro atoms. The quantitative estimate of drug-likeness (QED) is 0.697. The lowest BCUT2D eigenvalue weighted by molar-refractivity contribution is -0.119. The lowest BCUT2D eigenvalue weighted by atomic mass is 10.3. The van der Waals surface area contributed by atoms with Crippen molar-refractivity contribution in [3.63, 3.8) is 0 Å². The first-order valence-corrected chi connectivity index (χ1v) is 5.70. The van der Waals surface area contributed by atoms with Gasteiger partial charge >= 0.3 is 0 Å². The zero-order valence-electron chi connectivity index (χ0n) is 7.46. The topological polar surface area (TPSA) is 63.2 Å². The Hall–Kier alpha value is -0.580. The minimum Gasteiger partial charge on any atom is -0.274 e. The summed E-state index contributed by atoms with van der Waals surface area (Å²) in [7, 11) is -3.35. The molecule has 1 amide bonds. The molecule has 0 aromatic rings. The highest BCUT2D eigenvalue weighted by Gasteiger charge is 2.11. The molecule has 0 saturated carbocycles. The second-order valence-corrected chi connectivity index (χ2v) is 4.44. The highest BCUT2D eigenvalue weighted by atomic mass is 32.2. The van der Waals surface area contributed by atoms with Gasteiger partial charge < -0.3 is 0 Å². The summed E-state index contributed by atoms with van der Waals surface area (Å²) < 4.78 is 24.0. The van der Waals surface area contributed by atoms with E-state index >= 15 is 0 Å². The lowest BCUT2D eigenvalue weighted by Gasteiger charge is -2.03. The molecule has 0 rings (SSSR count). The summed E-state index contributed by atoms with van der Waals surface area (Å²) in [5.41, 5.74) is 0. The van der Waals surface area contributed by atoms with Crippen LogP contribution in [-0.2, 0) is 14.8 Å². The molecule has 0 heterocycles. The van der Waals surface area contributed by atoms with E-state index in [1.165, 1.54) is 0 Å². The standard InChI is InChI=1S/C7H15NO3S/c1-3-5-7(9)8-12(10,11)6-4-2/h3-6H2,1-2H3,(H,8,9). The molecule has 0 fully saturated rings. The van der Waals surface area contributed by atoms with Gasteiger partial charge in [0.05, 0.1) is 5.75 Å². The van der Waals surface area contributed by atoms with Gasteiger partial charge in [-0.1, -0.05) is 13.8 Å². The van der Waals surface area contributed by atoms with Gasteiger partial charge in [-0.2, -0.15) is 0 Å². The van der Waals surface area contributed by atoms with E-state index in [4.69, 9.17) is 0 Å². The van der Waals surface area contributed by atoms with Gasteiger partial charge in [0.25, 0.3) is 0 Å². The largest absolute Gasteiger partial charge is 0.274 e. The zero-order chi connectivity index (χ0) is 9.61. The summed E-state index contributed by atoms with van der Waals surface area (Å²) in [5, 5.41) is 0. The third-order valence-corrected chi connectivity index (χ3v) is 2.70. The Balaban J connectivity index is 3.98. The van der Waals surface area contributed by atoms with Gasteiger partial charge in [-0.05, 0) is 12.8 Å². The predicted molar refractivity (Wildman–Crippen MR) is 47.1 cm³/mol. The van der Waals surface area contributed by atoms with Gasteiger partial charge in [0.15, 0.2) is 0 Å². The summed E-state index contributed by atoms with van der Waals surface area (Å²) in [5.74, 6) is -0.395. The molecule has 0 unspecified atom stereocenters. The van der Waals surface area contributed by atoms with Crippen LogP contribution in [0.25, 0.3) is 0 Å². The SMILES string of the molecule is CCCC(=O)NS(=O)(=O)CCC. The fourth-order valence-electron chi connectivity index (χ4n) is 0.771. The molecule has 0 atom stereocenters. The molecule has 12 heavy (non-hydrogen) atoms. The van der Waals surface area contributed by atoms with E-state index in [2.05, 4.69) is 0 Å². The maximum absolute atomic E-state index is 11.0. The van der Waals surface area contributed by atoms with Gasteiger partial charge in [-0.15, -0.1) is 0 Å². The van der Waals surface area contributed by atoms with Crippen molar-refractivity contribution >= 4 is 15.9 Å². The number of hydrogen-bond donors (Lipinski definition) is 1. The van der Waals surface area contributed by atoms with E-state index in [9.17, 15) is 13.2 Å². The van der Waals surface area contributed by atoms with Gasteiger partial charge in [0, 0.05) is 6.42 Å². The number of rotatable bonds is 5. The molecule has 5 heteroatoms. The Morgan fingerprint density at radius 2 is 1.83 bits per heavy atom. The number of carbonyl (C=O) groups is 1. The predicted octanol–water partition coefficient (Wildman–Crippen LogP) is 0.643. The van der Waals surface area contributed by atoms with Crippen LogP contribution in [0, 0.1) is 0 Å². The molecule has 0 aromatic carbocycles. The van der Waals surface area contributed by atoms with Crippen molar-refractivity contribution in [1.29, 1.82) is 0 Å². The average molecular weight is 193 g/mol. The highest BCUT2D eigenvalue weighted by molar-refractivity contribution is 7.90. The zero-order valence-corrected chi connectivity index (χ0v) is 8.28. The van der Waals surface area contributed by atoms with Crippen molar-refractivity contribution in [3.8, 4) is 0 Å². The average Bonchev–Trinajstić information content (AvgIpc) is 1.85. The van der Waals surface area contributed by atoms with Gasteiger partial charge in [-0.3, -0.25) is 9.52 Å². The van der Waals surface area contributed by atoms with Crippen LogP contribution in [0.1, 0.15) is 33.1 Å². The van der Waals surface area contributed by atoms with Crippen LogP contribution in [-0.4, -0.2) is 20.1 Å². The Morgan fingerprint density at radius 3 is 2.25 bits per heavy atom. The molecular weight excluding hydrogens is 178 g/mol. The fraction of sp³-hybridized carbons (Fsp3) is 0.857. The minimum atomic E-state index is -3.35. The third-order valence-electron chi connectivity index (χ3n) is 1.22. The molecular formula is C7H15NO3S. The summed E-state index contributed by atoms with van der Waals surface area (Å²) in [4.78, 5) is 10.8. The molecule has 1 N–H and O–H groups in total. The number of amides is 1. The van der Waals surface area contributed by atoms with Crippen molar-refractivity contribution in [2.75, 3.05) is 5.75 Å². The Bertz CT molecular complexity index is 233. The monoisotopic (exact) mass is 193 g/mol. The lowest BCUT2D eigenvalue weighted by Crippen LogP contribution is -2.31. The maximum Gasteiger partial charge on any atom is 0.234 e. The Kier molecular flexibility index (Phi) is 4.89. The van der Waals surface area contributed by atoms with Crippen molar-refractivity contribution in [2.24, 2.45) is 0 Å². The molecule has 0 aliphatic rings.